The second-order valence-electron chi connectivity index (χ2n) is 6.94. The second-order valence-corrected chi connectivity index (χ2v) is 6.94. The predicted octanol–water partition coefficient (Wildman–Crippen LogP) is 2.34. The van der Waals surface area contributed by atoms with Crippen LogP contribution in [0.25, 0.3) is 22.9 Å². The van der Waals surface area contributed by atoms with E-state index in [4.69, 9.17) is 14.5 Å². The van der Waals surface area contributed by atoms with E-state index in [-0.39, 0.29) is 12.5 Å². The summed E-state index contributed by atoms with van der Waals surface area (Å²) in [6.45, 7) is 8.64. The molecule has 1 amide bonds. The van der Waals surface area contributed by atoms with Gasteiger partial charge in [0.2, 0.25) is 6.41 Å². The number of hydrogen-bond donors (Lipinski definition) is 1. The summed E-state index contributed by atoms with van der Waals surface area (Å²) >= 11 is 0. The Kier molecular flexibility index (Phi) is 6.16. The number of nitrogens with zero attached hydrogens (tertiary/aromatic N) is 6. The molecular weight excluding hydrogens is 370 g/mol. The molecule has 2 aromatic heterocycles. The summed E-state index contributed by atoms with van der Waals surface area (Å²) in [5.41, 5.74) is 7.16. The fourth-order valence-corrected chi connectivity index (χ4v) is 3.21. The minimum atomic E-state index is 0.233. The van der Waals surface area contributed by atoms with Gasteiger partial charge in [-0.1, -0.05) is 0 Å². The Bertz CT molecular complexity index is 977. The van der Waals surface area contributed by atoms with Crippen molar-refractivity contribution in [3.8, 4) is 28.7 Å². The molecule has 4 rings (SSSR count). The van der Waals surface area contributed by atoms with Crippen molar-refractivity contribution in [1.82, 2.24) is 24.3 Å². The summed E-state index contributed by atoms with van der Waals surface area (Å²) in [6.07, 6.45) is 3.88. The maximum absolute atomic E-state index is 8.58. The van der Waals surface area contributed by atoms with E-state index >= 15 is 0 Å². The van der Waals surface area contributed by atoms with Crippen LogP contribution in [0.15, 0.2) is 30.7 Å². The second kappa shape index (κ2) is 8.76. The van der Waals surface area contributed by atoms with Crippen LogP contribution in [0.3, 0.4) is 0 Å². The minimum Gasteiger partial charge on any atom is -0.491 e. The van der Waals surface area contributed by atoms with E-state index < -0.39 is 0 Å². The Hall–Kier alpha value is -3.36. The molecule has 0 saturated carbocycles. The topological polar surface area (TPSA) is 104 Å². The molecule has 29 heavy (non-hydrogen) atoms. The van der Waals surface area contributed by atoms with Gasteiger partial charge in [-0.05, 0) is 32.9 Å². The van der Waals surface area contributed by atoms with Gasteiger partial charge in [-0.3, -0.25) is 4.79 Å². The first-order valence-electron chi connectivity index (χ1n) is 9.60. The predicted molar refractivity (Wildman–Crippen MR) is 112 cm³/mol. The lowest BCUT2D eigenvalue weighted by Crippen LogP contribution is -2.15. The molecule has 3 aromatic rings. The molecule has 0 saturated heterocycles. The first-order chi connectivity index (χ1) is 14.0. The number of ether oxygens (including phenoxy) is 1. The number of primary amides is 1. The van der Waals surface area contributed by atoms with Crippen molar-refractivity contribution >= 4 is 12.1 Å². The highest BCUT2D eigenvalue weighted by molar-refractivity contribution is 5.71. The summed E-state index contributed by atoms with van der Waals surface area (Å²) in [5, 5.41) is 4.33. The highest BCUT2D eigenvalue weighted by atomic mass is 16.5. The highest BCUT2D eigenvalue weighted by Gasteiger charge is 2.22. The van der Waals surface area contributed by atoms with Crippen molar-refractivity contribution in [3.63, 3.8) is 0 Å². The monoisotopic (exact) mass is 397 g/mol. The fraction of sp³-hybridized carbons (Fsp3) is 0.400. The molecule has 154 valence electrons. The first-order valence-corrected chi connectivity index (χ1v) is 9.60. The third-order valence-corrected chi connectivity index (χ3v) is 4.78. The van der Waals surface area contributed by atoms with Crippen molar-refractivity contribution in [1.29, 1.82) is 0 Å². The number of benzene rings is 1. The Morgan fingerprint density at radius 2 is 2.10 bits per heavy atom. The van der Waals surface area contributed by atoms with Gasteiger partial charge in [0, 0.05) is 37.6 Å². The van der Waals surface area contributed by atoms with Crippen LogP contribution in [0.4, 0.5) is 5.69 Å². The van der Waals surface area contributed by atoms with Gasteiger partial charge in [-0.15, -0.1) is 0 Å². The van der Waals surface area contributed by atoms with Gasteiger partial charge in [0.05, 0.1) is 12.1 Å². The zero-order valence-electron chi connectivity index (χ0n) is 17.2. The third kappa shape index (κ3) is 4.08. The van der Waals surface area contributed by atoms with Crippen molar-refractivity contribution < 1.29 is 9.53 Å². The SMILES string of the molecule is CCN(C)c1ccc2c(c1)OCCn1cc(-c3ncnn3C(C)C)nc1-2.NC=O. The summed E-state index contributed by atoms with van der Waals surface area (Å²) in [4.78, 5) is 20.1. The molecule has 0 radical (unpaired) electrons. The van der Waals surface area contributed by atoms with Gasteiger partial charge in [-0.25, -0.2) is 14.6 Å². The lowest BCUT2D eigenvalue weighted by atomic mass is 10.1. The van der Waals surface area contributed by atoms with Crippen molar-refractivity contribution in [2.45, 2.75) is 33.4 Å². The van der Waals surface area contributed by atoms with E-state index in [2.05, 4.69) is 71.3 Å². The summed E-state index contributed by atoms with van der Waals surface area (Å²) in [7, 11) is 2.08. The minimum absolute atomic E-state index is 0.233. The third-order valence-electron chi connectivity index (χ3n) is 4.78. The molecule has 1 aromatic carbocycles. The number of carbonyl (C=O) groups excluding carboxylic acids is 1. The lowest BCUT2D eigenvalue weighted by molar-refractivity contribution is -0.106. The van der Waals surface area contributed by atoms with Crippen LogP contribution in [0, 0.1) is 0 Å². The van der Waals surface area contributed by atoms with Crippen LogP contribution in [-0.4, -0.2) is 50.9 Å². The normalized spacial score (nSPS) is 12.2. The Balaban J connectivity index is 0.000000755. The number of anilines is 1. The molecule has 0 spiro atoms. The van der Waals surface area contributed by atoms with E-state index in [1.165, 1.54) is 0 Å². The van der Waals surface area contributed by atoms with Crippen LogP contribution in [0.5, 0.6) is 5.75 Å². The van der Waals surface area contributed by atoms with E-state index in [1.807, 2.05) is 10.9 Å². The Labute approximate surface area is 170 Å². The number of hydrogen-bond acceptors (Lipinski definition) is 6. The van der Waals surface area contributed by atoms with E-state index in [1.54, 1.807) is 6.33 Å². The number of rotatable bonds is 4. The number of amides is 1. The van der Waals surface area contributed by atoms with Crippen molar-refractivity contribution in [2.24, 2.45) is 5.73 Å². The highest BCUT2D eigenvalue weighted by Crippen LogP contribution is 2.36. The Morgan fingerprint density at radius 1 is 1.34 bits per heavy atom. The molecule has 0 aliphatic carbocycles. The molecule has 1 aliphatic rings. The maximum atomic E-state index is 8.58. The van der Waals surface area contributed by atoms with Gasteiger partial charge in [0.1, 0.15) is 30.2 Å². The van der Waals surface area contributed by atoms with Crippen LogP contribution in [0.2, 0.25) is 0 Å². The number of aromatic nitrogens is 5. The molecule has 0 fully saturated rings. The average Bonchev–Trinajstić information content (AvgIpc) is 3.32. The molecule has 0 bridgehead atoms. The quantitative estimate of drug-likeness (QED) is 0.678. The molecule has 9 nitrogen and oxygen atoms in total. The van der Waals surface area contributed by atoms with Gasteiger partial charge in [0.25, 0.3) is 0 Å². The molecule has 2 N–H and O–H groups in total. The first kappa shape index (κ1) is 20.4. The maximum Gasteiger partial charge on any atom is 0.204 e. The van der Waals surface area contributed by atoms with E-state index in [0.717, 1.165) is 47.4 Å². The van der Waals surface area contributed by atoms with Crippen LogP contribution >= 0.6 is 0 Å². The summed E-state index contributed by atoms with van der Waals surface area (Å²) in [6, 6.07) is 6.54. The van der Waals surface area contributed by atoms with Crippen molar-refractivity contribution in [3.05, 3.63) is 30.7 Å². The van der Waals surface area contributed by atoms with Crippen LogP contribution in [0.1, 0.15) is 26.8 Å². The van der Waals surface area contributed by atoms with Gasteiger partial charge in [0.15, 0.2) is 5.82 Å². The van der Waals surface area contributed by atoms with Gasteiger partial charge >= 0.3 is 0 Å². The lowest BCUT2D eigenvalue weighted by Gasteiger charge is -2.18. The summed E-state index contributed by atoms with van der Waals surface area (Å²) in [5.74, 6) is 2.59. The molecule has 9 heteroatoms. The average molecular weight is 397 g/mol. The molecule has 0 atom stereocenters. The zero-order valence-corrected chi connectivity index (χ0v) is 17.2. The number of nitrogens with two attached hydrogens (primary N) is 1. The van der Waals surface area contributed by atoms with E-state index in [0.29, 0.717) is 6.61 Å². The molecule has 3 heterocycles. The number of fused-ring (bicyclic) bond motifs is 3. The largest absolute Gasteiger partial charge is 0.491 e. The fourth-order valence-electron chi connectivity index (χ4n) is 3.21. The van der Waals surface area contributed by atoms with Crippen LogP contribution in [-0.2, 0) is 11.3 Å². The smallest absolute Gasteiger partial charge is 0.204 e. The summed E-state index contributed by atoms with van der Waals surface area (Å²) < 4.78 is 10.0. The van der Waals surface area contributed by atoms with Gasteiger partial charge < -0.3 is 19.9 Å². The van der Waals surface area contributed by atoms with E-state index in [9.17, 15) is 0 Å². The number of imidazole rings is 1. The van der Waals surface area contributed by atoms with Crippen molar-refractivity contribution in [2.75, 3.05) is 25.1 Å². The zero-order chi connectivity index (χ0) is 21.0. The standard InChI is InChI=1S/C19H24N6O.CH3NO/c1-5-23(4)14-6-7-15-17(10-14)26-9-8-24-11-16(22-18(15)24)19-20-12-21-25(19)13(2)3;2-1-3/h6-7,10-13H,5,8-9H2,1-4H3;1H,(H2,2,3). The van der Waals surface area contributed by atoms with Crippen LogP contribution < -0.4 is 15.4 Å². The Morgan fingerprint density at radius 3 is 2.79 bits per heavy atom. The molecule has 0 unspecified atom stereocenters. The number of carbonyl (C=O) groups is 1. The molecule has 1 aliphatic heterocycles. The molecular formula is C20H27N7O2. The van der Waals surface area contributed by atoms with Gasteiger partial charge in [-0.2, -0.15) is 5.10 Å².